The van der Waals surface area contributed by atoms with Crippen molar-refractivity contribution in [2.45, 2.75) is 64.7 Å². The number of carbonyl (C=O) groups is 1. The van der Waals surface area contributed by atoms with Crippen LogP contribution < -0.4 is 0 Å². The van der Waals surface area contributed by atoms with Crippen LogP contribution in [0.5, 0.6) is 0 Å². The Morgan fingerprint density at radius 2 is 1.38 bits per heavy atom. The summed E-state index contributed by atoms with van der Waals surface area (Å²) in [6, 6.07) is 0. The van der Waals surface area contributed by atoms with E-state index in [1.165, 1.54) is 38.5 Å². The van der Waals surface area contributed by atoms with Gasteiger partial charge >= 0.3 is 0 Å². The van der Waals surface area contributed by atoms with Gasteiger partial charge in [-0.3, -0.25) is 0 Å². The van der Waals surface area contributed by atoms with Gasteiger partial charge in [-0.1, -0.05) is 50.5 Å². The first-order valence-electron chi connectivity index (χ1n) is 6.65. The molecular weight excluding hydrogens is 196 g/mol. The summed E-state index contributed by atoms with van der Waals surface area (Å²) in [7, 11) is 0. The first-order valence-corrected chi connectivity index (χ1v) is 6.65. The highest BCUT2D eigenvalue weighted by Crippen LogP contribution is 2.05. The van der Waals surface area contributed by atoms with Crippen molar-refractivity contribution in [3.63, 3.8) is 0 Å². The lowest BCUT2D eigenvalue weighted by atomic mass is 10.1. The maximum absolute atomic E-state index is 10.1. The minimum absolute atomic E-state index is 0.734. The Hall–Kier alpha value is -0.850. The molecule has 0 aromatic carbocycles. The van der Waals surface area contributed by atoms with Gasteiger partial charge in [0, 0.05) is 6.42 Å². The lowest BCUT2D eigenvalue weighted by Gasteiger charge is -1.95. The number of carbonyl (C=O) groups excluding carboxylic acids is 1. The summed E-state index contributed by atoms with van der Waals surface area (Å²) in [6.07, 6.45) is 20.2. The fourth-order valence-corrected chi connectivity index (χ4v) is 1.52. The van der Waals surface area contributed by atoms with Crippen LogP contribution in [0.4, 0.5) is 0 Å². The Labute approximate surface area is 101 Å². The second kappa shape index (κ2) is 14.2. The van der Waals surface area contributed by atoms with Crippen molar-refractivity contribution in [1.82, 2.24) is 0 Å². The Kier molecular flexibility index (Phi) is 13.4. The summed E-state index contributed by atoms with van der Waals surface area (Å²) in [6.45, 7) is 2.20. The summed E-state index contributed by atoms with van der Waals surface area (Å²) < 4.78 is 0. The first-order chi connectivity index (χ1) is 7.91. The zero-order valence-electron chi connectivity index (χ0n) is 10.7. The molecule has 0 aliphatic heterocycles. The first kappa shape index (κ1) is 15.2. The van der Waals surface area contributed by atoms with Gasteiger partial charge in [-0.15, -0.1) is 0 Å². The van der Waals surface area contributed by atoms with Gasteiger partial charge in [-0.05, 0) is 32.1 Å². The van der Waals surface area contributed by atoms with Crippen LogP contribution in [0.1, 0.15) is 64.7 Å². The fraction of sp³-hybridized carbons (Fsp3) is 0.667. The van der Waals surface area contributed by atoms with Crippen molar-refractivity contribution in [3.05, 3.63) is 24.3 Å². The number of rotatable bonds is 11. The van der Waals surface area contributed by atoms with E-state index in [4.69, 9.17) is 0 Å². The normalized spacial score (nSPS) is 11.6. The maximum atomic E-state index is 10.1. The zero-order valence-corrected chi connectivity index (χ0v) is 10.7. The number of hydrogen-bond acceptors (Lipinski definition) is 1. The van der Waals surface area contributed by atoms with E-state index >= 15 is 0 Å². The van der Waals surface area contributed by atoms with Crippen LogP contribution in [0.3, 0.4) is 0 Å². The summed E-state index contributed by atoms with van der Waals surface area (Å²) >= 11 is 0. The highest BCUT2D eigenvalue weighted by atomic mass is 16.1. The third-order valence-corrected chi connectivity index (χ3v) is 2.50. The molecule has 0 saturated carbocycles. The monoisotopic (exact) mass is 222 g/mol. The molecule has 0 spiro atoms. The lowest BCUT2D eigenvalue weighted by Crippen LogP contribution is -1.79. The number of unbranched alkanes of at least 4 members (excludes halogenated alkanes) is 6. The molecule has 0 fully saturated rings. The van der Waals surface area contributed by atoms with E-state index in [0.717, 1.165) is 25.5 Å². The molecule has 1 nitrogen and oxygen atoms in total. The zero-order chi connectivity index (χ0) is 11.9. The van der Waals surface area contributed by atoms with Gasteiger partial charge in [0.2, 0.25) is 0 Å². The number of allylic oxidation sites excluding steroid dienone is 4. The lowest BCUT2D eigenvalue weighted by molar-refractivity contribution is -0.107. The molecule has 0 bridgehead atoms. The molecule has 0 aliphatic carbocycles. The number of hydrogen-bond donors (Lipinski definition) is 0. The highest BCUT2D eigenvalue weighted by Gasteiger charge is 1.87. The van der Waals surface area contributed by atoms with Crippen molar-refractivity contribution in [2.75, 3.05) is 0 Å². The van der Waals surface area contributed by atoms with Crippen LogP contribution in [0.15, 0.2) is 24.3 Å². The van der Waals surface area contributed by atoms with Crippen molar-refractivity contribution in [2.24, 2.45) is 0 Å². The van der Waals surface area contributed by atoms with Crippen LogP contribution in [-0.4, -0.2) is 6.29 Å². The van der Waals surface area contributed by atoms with Crippen molar-refractivity contribution in [3.8, 4) is 0 Å². The molecule has 0 rings (SSSR count). The predicted molar refractivity (Wildman–Crippen MR) is 71.6 cm³/mol. The largest absolute Gasteiger partial charge is 0.303 e. The standard InChI is InChI=1S/C15H26O/c1-2-3-4-5-6-7-8-9-10-11-12-13-14-15-16/h4-5,7-8,15H,2-3,6,9-14H2,1H3/b5-4-,8-7-. The average molecular weight is 222 g/mol. The minimum Gasteiger partial charge on any atom is -0.303 e. The second-order valence-electron chi connectivity index (χ2n) is 4.13. The van der Waals surface area contributed by atoms with Gasteiger partial charge in [0.15, 0.2) is 0 Å². The smallest absolute Gasteiger partial charge is 0.119 e. The van der Waals surface area contributed by atoms with Gasteiger partial charge in [0.1, 0.15) is 6.29 Å². The third kappa shape index (κ3) is 13.2. The molecule has 0 aliphatic rings. The fourth-order valence-electron chi connectivity index (χ4n) is 1.52. The van der Waals surface area contributed by atoms with Gasteiger partial charge in [0.05, 0.1) is 0 Å². The molecule has 92 valence electrons. The van der Waals surface area contributed by atoms with Crippen LogP contribution in [0, 0.1) is 0 Å². The highest BCUT2D eigenvalue weighted by molar-refractivity contribution is 5.48. The van der Waals surface area contributed by atoms with Crippen molar-refractivity contribution >= 4 is 6.29 Å². The van der Waals surface area contributed by atoms with Gasteiger partial charge in [0.25, 0.3) is 0 Å². The maximum Gasteiger partial charge on any atom is 0.119 e. The molecule has 0 amide bonds. The van der Waals surface area contributed by atoms with Crippen LogP contribution in [-0.2, 0) is 4.79 Å². The molecule has 0 atom stereocenters. The summed E-state index contributed by atoms with van der Waals surface area (Å²) in [5.74, 6) is 0. The number of aldehydes is 1. The Balaban J connectivity index is 3.12. The molecule has 0 unspecified atom stereocenters. The van der Waals surface area contributed by atoms with E-state index in [1.54, 1.807) is 0 Å². The van der Waals surface area contributed by atoms with E-state index < -0.39 is 0 Å². The van der Waals surface area contributed by atoms with Crippen molar-refractivity contribution in [1.29, 1.82) is 0 Å². The average Bonchev–Trinajstić information content (AvgIpc) is 2.31. The summed E-state index contributed by atoms with van der Waals surface area (Å²) in [4.78, 5) is 10.1. The molecule has 0 radical (unpaired) electrons. The molecule has 0 heterocycles. The van der Waals surface area contributed by atoms with Crippen LogP contribution >= 0.6 is 0 Å². The van der Waals surface area contributed by atoms with Crippen molar-refractivity contribution < 1.29 is 4.79 Å². The van der Waals surface area contributed by atoms with Crippen LogP contribution in [0.2, 0.25) is 0 Å². The molecule has 0 aromatic heterocycles. The molecule has 16 heavy (non-hydrogen) atoms. The Bertz CT molecular complexity index is 192. The second-order valence-corrected chi connectivity index (χ2v) is 4.13. The van der Waals surface area contributed by atoms with E-state index in [0.29, 0.717) is 0 Å². The Morgan fingerprint density at radius 1 is 0.750 bits per heavy atom. The summed E-state index contributed by atoms with van der Waals surface area (Å²) in [5.41, 5.74) is 0. The van der Waals surface area contributed by atoms with E-state index in [2.05, 4.69) is 31.2 Å². The van der Waals surface area contributed by atoms with Gasteiger partial charge < -0.3 is 4.79 Å². The minimum atomic E-state index is 0.734. The Morgan fingerprint density at radius 3 is 2.00 bits per heavy atom. The molecule has 0 saturated heterocycles. The van der Waals surface area contributed by atoms with E-state index in [9.17, 15) is 4.79 Å². The predicted octanol–water partition coefficient (Wildman–Crippen LogP) is 4.83. The van der Waals surface area contributed by atoms with Gasteiger partial charge in [-0.25, -0.2) is 0 Å². The molecular formula is C15H26O. The van der Waals surface area contributed by atoms with Gasteiger partial charge in [-0.2, -0.15) is 0 Å². The topological polar surface area (TPSA) is 17.1 Å². The van der Waals surface area contributed by atoms with E-state index in [-0.39, 0.29) is 0 Å². The van der Waals surface area contributed by atoms with Crippen LogP contribution in [0.25, 0.3) is 0 Å². The summed E-state index contributed by atoms with van der Waals surface area (Å²) in [5, 5.41) is 0. The molecule has 0 N–H and O–H groups in total. The SMILES string of the molecule is CCC/C=C\C/C=C\CCCCCCC=O. The quantitative estimate of drug-likeness (QED) is 0.278. The van der Waals surface area contributed by atoms with E-state index in [1.807, 2.05) is 0 Å². The third-order valence-electron chi connectivity index (χ3n) is 2.50. The molecule has 1 heteroatoms. The molecule has 0 aromatic rings.